The summed E-state index contributed by atoms with van der Waals surface area (Å²) >= 11 is 0. The lowest BCUT2D eigenvalue weighted by molar-refractivity contribution is 0.247. The van der Waals surface area contributed by atoms with E-state index in [1.165, 1.54) is 24.3 Å². The van der Waals surface area contributed by atoms with Crippen LogP contribution in [-0.4, -0.2) is 19.2 Å². The molecular formula is C15H13F3N2O2. The molecule has 0 unspecified atom stereocenters. The number of carbonyl (C=O) groups excluding carboxylic acids is 1. The van der Waals surface area contributed by atoms with Gasteiger partial charge in [-0.05, 0) is 36.4 Å². The van der Waals surface area contributed by atoms with Crippen LogP contribution in [0.1, 0.15) is 0 Å². The normalized spacial score (nSPS) is 10.1. The van der Waals surface area contributed by atoms with Crippen LogP contribution >= 0.6 is 0 Å². The summed E-state index contributed by atoms with van der Waals surface area (Å²) in [7, 11) is 0. The highest BCUT2D eigenvalue weighted by Crippen LogP contribution is 2.14. The van der Waals surface area contributed by atoms with Crippen molar-refractivity contribution in [3.63, 3.8) is 0 Å². The van der Waals surface area contributed by atoms with Gasteiger partial charge in [0.2, 0.25) is 0 Å². The molecule has 0 aliphatic carbocycles. The molecule has 0 atom stereocenters. The summed E-state index contributed by atoms with van der Waals surface area (Å²) in [4.78, 5) is 11.5. The molecule has 0 aliphatic heterocycles. The first-order valence-corrected chi connectivity index (χ1v) is 6.43. The van der Waals surface area contributed by atoms with Crippen molar-refractivity contribution in [3.8, 4) is 5.75 Å². The maximum atomic E-state index is 13.3. The first-order chi connectivity index (χ1) is 10.5. The van der Waals surface area contributed by atoms with Crippen molar-refractivity contribution in [1.29, 1.82) is 0 Å². The maximum absolute atomic E-state index is 13.3. The third-order valence-electron chi connectivity index (χ3n) is 2.65. The second-order valence-electron chi connectivity index (χ2n) is 4.31. The van der Waals surface area contributed by atoms with Gasteiger partial charge in [0.25, 0.3) is 0 Å². The number of benzene rings is 2. The zero-order valence-corrected chi connectivity index (χ0v) is 11.4. The van der Waals surface area contributed by atoms with E-state index in [9.17, 15) is 18.0 Å². The van der Waals surface area contributed by atoms with Crippen LogP contribution in [0.4, 0.5) is 23.7 Å². The van der Waals surface area contributed by atoms with Gasteiger partial charge in [-0.2, -0.15) is 0 Å². The Morgan fingerprint density at radius 2 is 1.68 bits per heavy atom. The molecule has 0 heterocycles. The molecule has 2 amide bonds. The Morgan fingerprint density at radius 1 is 1.00 bits per heavy atom. The van der Waals surface area contributed by atoms with E-state index < -0.39 is 17.7 Å². The van der Waals surface area contributed by atoms with E-state index in [0.717, 1.165) is 12.1 Å². The van der Waals surface area contributed by atoms with Gasteiger partial charge in [0.05, 0.1) is 12.2 Å². The number of carbonyl (C=O) groups is 1. The second kappa shape index (κ2) is 7.35. The first kappa shape index (κ1) is 15.7. The Labute approximate surface area is 124 Å². The molecule has 4 nitrogen and oxygen atoms in total. The average molecular weight is 310 g/mol. The number of hydrogen-bond acceptors (Lipinski definition) is 2. The number of anilines is 1. The molecule has 0 saturated carbocycles. The van der Waals surface area contributed by atoms with Gasteiger partial charge in [-0.25, -0.2) is 18.0 Å². The fourth-order valence-electron chi connectivity index (χ4n) is 1.62. The van der Waals surface area contributed by atoms with Crippen LogP contribution in [-0.2, 0) is 0 Å². The Kier molecular flexibility index (Phi) is 5.24. The van der Waals surface area contributed by atoms with Crippen molar-refractivity contribution in [2.75, 3.05) is 18.5 Å². The van der Waals surface area contributed by atoms with Crippen LogP contribution in [0.2, 0.25) is 0 Å². The summed E-state index contributed by atoms with van der Waals surface area (Å²) in [6.07, 6.45) is 0. The van der Waals surface area contributed by atoms with Crippen molar-refractivity contribution in [2.24, 2.45) is 0 Å². The van der Waals surface area contributed by atoms with E-state index >= 15 is 0 Å². The number of halogens is 3. The Morgan fingerprint density at radius 3 is 2.36 bits per heavy atom. The van der Waals surface area contributed by atoms with E-state index in [1.54, 1.807) is 0 Å². The minimum Gasteiger partial charge on any atom is -0.492 e. The molecule has 7 heteroatoms. The predicted octanol–water partition coefficient (Wildman–Crippen LogP) is 3.30. The number of nitrogens with one attached hydrogen (secondary N) is 2. The molecule has 0 aromatic heterocycles. The molecule has 0 spiro atoms. The molecule has 0 radical (unpaired) electrons. The lowest BCUT2D eigenvalue weighted by Crippen LogP contribution is -2.32. The third kappa shape index (κ3) is 4.69. The summed E-state index contributed by atoms with van der Waals surface area (Å²) in [5.41, 5.74) is -0.127. The Bertz CT molecular complexity index is 648. The van der Waals surface area contributed by atoms with Gasteiger partial charge in [-0.3, -0.25) is 0 Å². The summed E-state index contributed by atoms with van der Waals surface area (Å²) in [6.45, 7) is 0.316. The summed E-state index contributed by atoms with van der Waals surface area (Å²) < 4.78 is 44.0. The fraction of sp³-hybridized carbons (Fsp3) is 0.133. The molecule has 2 rings (SSSR count). The molecule has 2 aromatic carbocycles. The van der Waals surface area contributed by atoms with E-state index in [1.807, 2.05) is 0 Å². The smallest absolute Gasteiger partial charge is 0.319 e. The average Bonchev–Trinajstić information content (AvgIpc) is 2.48. The molecule has 0 bridgehead atoms. The van der Waals surface area contributed by atoms with Gasteiger partial charge in [0.1, 0.15) is 29.8 Å². The monoisotopic (exact) mass is 310 g/mol. The molecule has 22 heavy (non-hydrogen) atoms. The molecular weight excluding hydrogens is 297 g/mol. The number of amides is 2. The molecule has 2 aromatic rings. The topological polar surface area (TPSA) is 50.4 Å². The van der Waals surface area contributed by atoms with Gasteiger partial charge in [0, 0.05) is 6.07 Å². The zero-order valence-electron chi connectivity index (χ0n) is 11.4. The third-order valence-corrected chi connectivity index (χ3v) is 2.65. The van der Waals surface area contributed by atoms with Crippen LogP contribution < -0.4 is 15.4 Å². The SMILES string of the molecule is O=C(NCCOc1ccc(F)cc1)Nc1ccc(F)cc1F. The van der Waals surface area contributed by atoms with Gasteiger partial charge in [-0.1, -0.05) is 0 Å². The standard InChI is InChI=1S/C15H13F3N2O2/c16-10-1-4-12(5-2-10)22-8-7-19-15(21)20-14-6-3-11(17)9-13(14)18/h1-6,9H,7-8H2,(H2,19,20,21). The minimum atomic E-state index is -0.863. The Balaban J connectivity index is 1.72. The van der Waals surface area contributed by atoms with E-state index in [-0.39, 0.29) is 24.7 Å². The predicted molar refractivity (Wildman–Crippen MR) is 75.3 cm³/mol. The van der Waals surface area contributed by atoms with Crippen LogP contribution in [0.15, 0.2) is 42.5 Å². The first-order valence-electron chi connectivity index (χ1n) is 6.43. The highest BCUT2D eigenvalue weighted by atomic mass is 19.1. The molecule has 0 saturated heterocycles. The number of ether oxygens (including phenoxy) is 1. The quantitative estimate of drug-likeness (QED) is 0.833. The lowest BCUT2D eigenvalue weighted by atomic mass is 10.3. The highest BCUT2D eigenvalue weighted by molar-refractivity contribution is 5.89. The van der Waals surface area contributed by atoms with Crippen molar-refractivity contribution in [2.45, 2.75) is 0 Å². The van der Waals surface area contributed by atoms with Crippen LogP contribution in [0.5, 0.6) is 5.75 Å². The van der Waals surface area contributed by atoms with E-state index in [2.05, 4.69) is 10.6 Å². The highest BCUT2D eigenvalue weighted by Gasteiger charge is 2.07. The van der Waals surface area contributed by atoms with Crippen LogP contribution in [0.3, 0.4) is 0 Å². The maximum Gasteiger partial charge on any atom is 0.319 e. The van der Waals surface area contributed by atoms with Crippen LogP contribution in [0.25, 0.3) is 0 Å². The molecule has 0 fully saturated rings. The summed E-state index contributed by atoms with van der Waals surface area (Å²) in [5.74, 6) is -1.49. The molecule has 116 valence electrons. The van der Waals surface area contributed by atoms with Crippen molar-refractivity contribution < 1.29 is 22.7 Å². The number of urea groups is 1. The van der Waals surface area contributed by atoms with Gasteiger partial charge < -0.3 is 15.4 Å². The summed E-state index contributed by atoms with van der Waals surface area (Å²) in [6, 6.07) is 7.63. The lowest BCUT2D eigenvalue weighted by Gasteiger charge is -2.09. The van der Waals surface area contributed by atoms with Crippen LogP contribution in [0, 0.1) is 17.5 Å². The van der Waals surface area contributed by atoms with Crippen molar-refractivity contribution in [1.82, 2.24) is 5.32 Å². The van der Waals surface area contributed by atoms with Gasteiger partial charge in [0.15, 0.2) is 0 Å². The Hall–Kier alpha value is -2.70. The molecule has 0 aliphatic rings. The second-order valence-corrected chi connectivity index (χ2v) is 4.31. The van der Waals surface area contributed by atoms with E-state index in [0.29, 0.717) is 11.8 Å². The zero-order chi connectivity index (χ0) is 15.9. The number of hydrogen-bond donors (Lipinski definition) is 2. The largest absolute Gasteiger partial charge is 0.492 e. The number of rotatable bonds is 5. The van der Waals surface area contributed by atoms with Crippen molar-refractivity contribution in [3.05, 3.63) is 59.9 Å². The fourth-order valence-corrected chi connectivity index (χ4v) is 1.62. The van der Waals surface area contributed by atoms with E-state index in [4.69, 9.17) is 4.74 Å². The summed E-state index contributed by atoms with van der Waals surface area (Å²) in [5, 5.41) is 4.69. The minimum absolute atomic E-state index is 0.127. The molecule has 2 N–H and O–H groups in total. The van der Waals surface area contributed by atoms with Gasteiger partial charge in [-0.15, -0.1) is 0 Å². The van der Waals surface area contributed by atoms with Crippen molar-refractivity contribution >= 4 is 11.7 Å². The van der Waals surface area contributed by atoms with Gasteiger partial charge >= 0.3 is 6.03 Å².